The van der Waals surface area contributed by atoms with Crippen LogP contribution in [-0.4, -0.2) is 6.61 Å². The van der Waals surface area contributed by atoms with Crippen molar-refractivity contribution in [3.63, 3.8) is 0 Å². The van der Waals surface area contributed by atoms with Crippen LogP contribution in [0.15, 0.2) is 12.8 Å². The molecule has 0 aliphatic heterocycles. The Balaban J connectivity index is 2.81. The zero-order chi connectivity index (χ0) is 10.5. The fourth-order valence-electron chi connectivity index (χ4n) is 1.21. The quantitative estimate of drug-likeness (QED) is 0.221. The van der Waals surface area contributed by atoms with Gasteiger partial charge in [0.2, 0.25) is 0 Å². The minimum Gasteiger partial charge on any atom is -0.317 e. The highest BCUT2D eigenvalue weighted by molar-refractivity contribution is 4.44. The summed E-state index contributed by atoms with van der Waals surface area (Å²) < 4.78 is 0. The van der Waals surface area contributed by atoms with Crippen LogP contribution in [0.4, 0.5) is 0 Å². The van der Waals surface area contributed by atoms with Crippen LogP contribution in [0, 0.1) is 0 Å². The van der Waals surface area contributed by atoms with Gasteiger partial charge in [-0.3, -0.25) is 0 Å². The highest BCUT2D eigenvalue weighted by Crippen LogP contribution is 2.06. The van der Waals surface area contributed by atoms with Gasteiger partial charge >= 0.3 is 0 Å². The minimum atomic E-state index is 0.585. The Morgan fingerprint density at radius 1 is 1.00 bits per heavy atom. The van der Waals surface area contributed by atoms with Crippen molar-refractivity contribution in [3.8, 4) is 0 Å². The molecule has 0 unspecified atom stereocenters. The molecule has 0 fully saturated rings. The molecule has 0 saturated heterocycles. The van der Waals surface area contributed by atoms with Crippen LogP contribution < -0.4 is 0 Å². The maximum absolute atomic E-state index is 4.71. The van der Waals surface area contributed by atoms with Gasteiger partial charge in [-0.05, 0) is 11.5 Å². The van der Waals surface area contributed by atoms with E-state index in [1.54, 1.807) is 0 Å². The van der Waals surface area contributed by atoms with Gasteiger partial charge in [0.1, 0.15) is 6.26 Å². The summed E-state index contributed by atoms with van der Waals surface area (Å²) >= 11 is 0. The maximum atomic E-state index is 4.71. The smallest absolute Gasteiger partial charge is 0.125 e. The SMILES string of the molecule is C=COOOCCCCCCCCC. The Morgan fingerprint density at radius 2 is 1.64 bits per heavy atom. The minimum absolute atomic E-state index is 0.585. The second-order valence-corrected chi connectivity index (χ2v) is 3.27. The monoisotopic (exact) mass is 202 g/mol. The summed E-state index contributed by atoms with van der Waals surface area (Å²) in [5.74, 6) is 0. The van der Waals surface area contributed by atoms with E-state index in [4.69, 9.17) is 4.89 Å². The van der Waals surface area contributed by atoms with E-state index in [9.17, 15) is 0 Å². The van der Waals surface area contributed by atoms with Gasteiger partial charge in [0.15, 0.2) is 0 Å². The van der Waals surface area contributed by atoms with Crippen molar-refractivity contribution >= 4 is 0 Å². The summed E-state index contributed by atoms with van der Waals surface area (Å²) in [6.45, 7) is 6.12. The molecule has 0 aromatic rings. The van der Waals surface area contributed by atoms with E-state index in [1.165, 1.54) is 44.8 Å². The molecule has 0 rings (SSSR count). The summed E-state index contributed by atoms with van der Waals surface area (Å²) in [5, 5.41) is 4.31. The topological polar surface area (TPSA) is 27.7 Å². The molecule has 0 radical (unpaired) electrons. The number of unbranched alkanes of at least 4 members (excludes halogenated alkanes) is 6. The third-order valence-electron chi connectivity index (χ3n) is 1.99. The van der Waals surface area contributed by atoms with Gasteiger partial charge in [0, 0.05) is 0 Å². The van der Waals surface area contributed by atoms with Gasteiger partial charge in [-0.15, -0.1) is 0 Å². The Bertz CT molecular complexity index is 115. The van der Waals surface area contributed by atoms with E-state index in [2.05, 4.69) is 23.4 Å². The summed E-state index contributed by atoms with van der Waals surface area (Å²) in [6.07, 6.45) is 10.0. The molecule has 0 aliphatic carbocycles. The molecular formula is C11H22O3. The van der Waals surface area contributed by atoms with Crippen LogP contribution in [0.1, 0.15) is 51.9 Å². The summed E-state index contributed by atoms with van der Waals surface area (Å²) in [6, 6.07) is 0. The first kappa shape index (κ1) is 13.5. The number of hydrogen-bond donors (Lipinski definition) is 0. The molecule has 0 aliphatic rings. The highest BCUT2D eigenvalue weighted by atomic mass is 17.5. The third-order valence-corrected chi connectivity index (χ3v) is 1.99. The van der Waals surface area contributed by atoms with Crippen LogP contribution in [-0.2, 0) is 14.8 Å². The Kier molecular flexibility index (Phi) is 12.0. The largest absolute Gasteiger partial charge is 0.317 e. The molecule has 0 aromatic heterocycles. The van der Waals surface area contributed by atoms with Crippen LogP contribution in [0.5, 0.6) is 0 Å². The molecule has 0 atom stereocenters. The standard InChI is InChI=1S/C11H22O3/c1-3-5-6-7-8-9-10-11-13-14-12-4-2/h4H,2-3,5-11H2,1H3. The van der Waals surface area contributed by atoms with E-state index in [0.29, 0.717) is 6.61 Å². The fraction of sp³-hybridized carbons (Fsp3) is 0.818. The van der Waals surface area contributed by atoms with Crippen molar-refractivity contribution in [3.05, 3.63) is 12.8 Å². The van der Waals surface area contributed by atoms with E-state index < -0.39 is 0 Å². The highest BCUT2D eigenvalue weighted by Gasteiger charge is 1.91. The molecule has 0 N–H and O–H groups in total. The maximum Gasteiger partial charge on any atom is 0.125 e. The fourth-order valence-corrected chi connectivity index (χ4v) is 1.21. The molecule has 3 nitrogen and oxygen atoms in total. The van der Waals surface area contributed by atoms with Crippen molar-refractivity contribution in [2.45, 2.75) is 51.9 Å². The average molecular weight is 202 g/mol. The first-order valence-electron chi connectivity index (χ1n) is 5.47. The average Bonchev–Trinajstić information content (AvgIpc) is 2.21. The van der Waals surface area contributed by atoms with Crippen molar-refractivity contribution in [1.82, 2.24) is 0 Å². The van der Waals surface area contributed by atoms with Gasteiger partial charge in [0.05, 0.1) is 6.61 Å². The van der Waals surface area contributed by atoms with E-state index in [1.807, 2.05) is 0 Å². The lowest BCUT2D eigenvalue weighted by molar-refractivity contribution is -0.489. The Morgan fingerprint density at radius 3 is 2.29 bits per heavy atom. The molecule has 0 aromatic carbocycles. The first-order valence-corrected chi connectivity index (χ1v) is 5.47. The van der Waals surface area contributed by atoms with Crippen LogP contribution in [0.25, 0.3) is 0 Å². The summed E-state index contributed by atoms with van der Waals surface area (Å²) in [5.41, 5.74) is 0. The van der Waals surface area contributed by atoms with Crippen LogP contribution >= 0.6 is 0 Å². The predicted molar refractivity (Wildman–Crippen MR) is 56.3 cm³/mol. The van der Waals surface area contributed by atoms with Crippen molar-refractivity contribution < 1.29 is 14.8 Å². The normalized spacial score (nSPS) is 10.1. The van der Waals surface area contributed by atoms with Gasteiger partial charge in [0.25, 0.3) is 0 Å². The predicted octanol–water partition coefficient (Wildman–Crippen LogP) is 3.76. The first-order chi connectivity index (χ1) is 6.91. The number of rotatable bonds is 11. The molecule has 0 spiro atoms. The van der Waals surface area contributed by atoms with Gasteiger partial charge in [-0.2, -0.15) is 4.89 Å². The lowest BCUT2D eigenvalue weighted by Crippen LogP contribution is -1.95. The van der Waals surface area contributed by atoms with Gasteiger partial charge in [-0.1, -0.05) is 52.0 Å². The molecule has 3 heteroatoms. The van der Waals surface area contributed by atoms with Crippen molar-refractivity contribution in [2.75, 3.05) is 6.61 Å². The summed E-state index contributed by atoms with van der Waals surface area (Å²) in [4.78, 5) is 9.04. The lowest BCUT2D eigenvalue weighted by Gasteiger charge is -2.01. The van der Waals surface area contributed by atoms with Crippen LogP contribution in [0.3, 0.4) is 0 Å². The van der Waals surface area contributed by atoms with Crippen molar-refractivity contribution in [1.29, 1.82) is 0 Å². The third kappa shape index (κ3) is 11.5. The molecule has 0 amide bonds. The zero-order valence-electron chi connectivity index (χ0n) is 9.17. The second kappa shape index (κ2) is 12.5. The lowest BCUT2D eigenvalue weighted by atomic mass is 10.1. The molecule has 14 heavy (non-hydrogen) atoms. The molecular weight excluding hydrogens is 180 g/mol. The second-order valence-electron chi connectivity index (χ2n) is 3.27. The molecule has 0 bridgehead atoms. The van der Waals surface area contributed by atoms with Crippen molar-refractivity contribution in [2.24, 2.45) is 0 Å². The van der Waals surface area contributed by atoms with E-state index in [0.717, 1.165) is 6.42 Å². The van der Waals surface area contributed by atoms with Gasteiger partial charge in [-0.25, -0.2) is 0 Å². The zero-order valence-corrected chi connectivity index (χ0v) is 9.17. The van der Waals surface area contributed by atoms with E-state index >= 15 is 0 Å². The summed E-state index contributed by atoms with van der Waals surface area (Å²) in [7, 11) is 0. The van der Waals surface area contributed by atoms with Crippen LogP contribution in [0.2, 0.25) is 0 Å². The molecule has 84 valence electrons. The van der Waals surface area contributed by atoms with Gasteiger partial charge < -0.3 is 4.89 Å². The Hall–Kier alpha value is -0.540. The number of hydrogen-bond acceptors (Lipinski definition) is 3. The van der Waals surface area contributed by atoms with E-state index in [-0.39, 0.29) is 0 Å². The Labute approximate surface area is 86.9 Å². The molecule has 0 saturated carbocycles. The molecule has 0 heterocycles.